The number of hydrogen-bond acceptors (Lipinski definition) is 2. The molecule has 0 aromatic rings. The number of piperidine rings is 1. The molecule has 0 amide bonds. The third-order valence-corrected chi connectivity index (χ3v) is 7.14. The molecule has 1 saturated heterocycles. The Morgan fingerprint density at radius 2 is 1.68 bits per heavy atom. The summed E-state index contributed by atoms with van der Waals surface area (Å²) in [6.07, 6.45) is 10.5. The van der Waals surface area contributed by atoms with Gasteiger partial charge < -0.3 is 10.6 Å². The van der Waals surface area contributed by atoms with Crippen molar-refractivity contribution in [3.05, 3.63) is 0 Å². The number of nitrogens with two attached hydrogens (primary N) is 1. The Morgan fingerprint density at radius 1 is 1.05 bits per heavy atom. The maximum Gasteiger partial charge on any atom is 0.00499 e. The molecule has 5 aliphatic rings. The van der Waals surface area contributed by atoms with Crippen LogP contribution in [0, 0.1) is 35.0 Å². The van der Waals surface area contributed by atoms with Crippen LogP contribution in [0.4, 0.5) is 0 Å². The molecule has 0 radical (unpaired) electrons. The van der Waals surface area contributed by atoms with E-state index < -0.39 is 0 Å². The fraction of sp³-hybridized carbons (Fsp3) is 1.00. The van der Waals surface area contributed by atoms with Gasteiger partial charge in [0.2, 0.25) is 0 Å². The maximum absolute atomic E-state index is 6.35. The minimum absolute atomic E-state index is 0.468. The van der Waals surface area contributed by atoms with Gasteiger partial charge in [-0.1, -0.05) is 0 Å². The second-order valence-electron chi connectivity index (χ2n) is 8.36. The molecule has 0 aromatic heterocycles. The molecular formula is C17H30N2. The van der Waals surface area contributed by atoms with E-state index in [1.54, 1.807) is 32.1 Å². The fourth-order valence-electron chi connectivity index (χ4n) is 6.90. The van der Waals surface area contributed by atoms with Gasteiger partial charge in [0, 0.05) is 6.54 Å². The zero-order valence-electron chi connectivity index (χ0n) is 12.5. The van der Waals surface area contributed by atoms with Crippen molar-refractivity contribution < 1.29 is 0 Å². The Morgan fingerprint density at radius 3 is 2.21 bits per heavy atom. The number of hydrogen-bond donors (Lipinski definition) is 1. The molecule has 19 heavy (non-hydrogen) atoms. The molecule has 0 spiro atoms. The summed E-state index contributed by atoms with van der Waals surface area (Å²) in [6.45, 7) is 3.50. The molecule has 2 nitrogen and oxygen atoms in total. The van der Waals surface area contributed by atoms with E-state index in [-0.39, 0.29) is 0 Å². The largest absolute Gasteiger partial charge is 0.330 e. The van der Waals surface area contributed by atoms with Crippen LogP contribution in [-0.4, -0.2) is 31.6 Å². The Hall–Kier alpha value is -0.0800. The van der Waals surface area contributed by atoms with E-state index in [2.05, 4.69) is 11.9 Å². The molecule has 5 rings (SSSR count). The van der Waals surface area contributed by atoms with Crippen LogP contribution in [0.1, 0.15) is 44.9 Å². The van der Waals surface area contributed by atoms with Crippen molar-refractivity contribution in [3.8, 4) is 0 Å². The second kappa shape index (κ2) is 4.46. The average Bonchev–Trinajstić information content (AvgIpc) is 2.37. The molecule has 1 heterocycles. The van der Waals surface area contributed by atoms with Crippen LogP contribution in [-0.2, 0) is 0 Å². The summed E-state index contributed by atoms with van der Waals surface area (Å²) in [5.74, 6) is 5.22. The molecule has 0 aromatic carbocycles. The van der Waals surface area contributed by atoms with Crippen molar-refractivity contribution in [1.82, 2.24) is 4.90 Å². The van der Waals surface area contributed by atoms with E-state index in [4.69, 9.17) is 5.73 Å². The molecule has 4 aliphatic carbocycles. The maximum atomic E-state index is 6.35. The quantitative estimate of drug-likeness (QED) is 0.829. The highest BCUT2D eigenvalue weighted by Gasteiger charge is 2.55. The van der Waals surface area contributed by atoms with Gasteiger partial charge in [0.05, 0.1) is 0 Å². The monoisotopic (exact) mass is 262 g/mol. The van der Waals surface area contributed by atoms with Crippen LogP contribution in [0.25, 0.3) is 0 Å². The predicted molar refractivity (Wildman–Crippen MR) is 78.8 cm³/mol. The third kappa shape index (κ3) is 1.90. The van der Waals surface area contributed by atoms with Crippen molar-refractivity contribution in [2.24, 2.45) is 40.7 Å². The molecule has 2 heteroatoms. The minimum atomic E-state index is 0.468. The summed E-state index contributed by atoms with van der Waals surface area (Å²) in [5.41, 5.74) is 6.82. The van der Waals surface area contributed by atoms with Crippen LogP contribution in [0.3, 0.4) is 0 Å². The highest BCUT2D eigenvalue weighted by Crippen LogP contribution is 2.61. The van der Waals surface area contributed by atoms with E-state index in [9.17, 15) is 0 Å². The zero-order chi connectivity index (χ0) is 13.0. The first-order chi connectivity index (χ1) is 9.20. The van der Waals surface area contributed by atoms with Gasteiger partial charge in [-0.05, 0) is 100 Å². The topological polar surface area (TPSA) is 29.3 Å². The van der Waals surface area contributed by atoms with Gasteiger partial charge in [-0.3, -0.25) is 0 Å². The molecule has 1 aliphatic heterocycles. The Kier molecular flexibility index (Phi) is 2.97. The molecule has 108 valence electrons. The lowest BCUT2D eigenvalue weighted by atomic mass is 9.45. The van der Waals surface area contributed by atoms with Crippen LogP contribution < -0.4 is 5.73 Å². The Labute approximate surface area is 118 Å². The van der Waals surface area contributed by atoms with E-state index in [0.29, 0.717) is 5.41 Å². The van der Waals surface area contributed by atoms with E-state index >= 15 is 0 Å². The highest BCUT2D eigenvalue weighted by atomic mass is 15.1. The zero-order valence-corrected chi connectivity index (χ0v) is 12.5. The van der Waals surface area contributed by atoms with Gasteiger partial charge in [0.25, 0.3) is 0 Å². The SMILES string of the molecule is CN1CCCC(CN)(C2C3CC4CC(C3)CC2C4)C1. The number of rotatable bonds is 2. The van der Waals surface area contributed by atoms with Gasteiger partial charge in [0.15, 0.2) is 0 Å². The van der Waals surface area contributed by atoms with Crippen LogP contribution >= 0.6 is 0 Å². The lowest BCUT2D eigenvalue weighted by molar-refractivity contribution is -0.112. The van der Waals surface area contributed by atoms with E-state index in [1.165, 1.54) is 25.9 Å². The van der Waals surface area contributed by atoms with Crippen molar-refractivity contribution in [3.63, 3.8) is 0 Å². The summed E-state index contributed by atoms with van der Waals surface area (Å²) >= 11 is 0. The number of likely N-dealkylation sites (tertiary alicyclic amines) is 1. The number of nitrogens with zero attached hydrogens (tertiary/aromatic N) is 1. The van der Waals surface area contributed by atoms with Crippen molar-refractivity contribution in [1.29, 1.82) is 0 Å². The Balaban J connectivity index is 1.63. The Bertz CT molecular complexity index is 325. The lowest BCUT2D eigenvalue weighted by Crippen LogP contribution is -2.58. The van der Waals surface area contributed by atoms with Gasteiger partial charge in [-0.25, -0.2) is 0 Å². The summed E-state index contributed by atoms with van der Waals surface area (Å²) in [7, 11) is 2.31. The van der Waals surface area contributed by atoms with Crippen LogP contribution in [0.2, 0.25) is 0 Å². The summed E-state index contributed by atoms with van der Waals surface area (Å²) in [6, 6.07) is 0. The van der Waals surface area contributed by atoms with Crippen molar-refractivity contribution >= 4 is 0 Å². The molecule has 2 N–H and O–H groups in total. The predicted octanol–water partition coefficient (Wildman–Crippen LogP) is 2.73. The molecule has 1 atom stereocenters. The molecule has 4 saturated carbocycles. The van der Waals surface area contributed by atoms with E-state index in [0.717, 1.165) is 36.1 Å². The average molecular weight is 262 g/mol. The fourth-order valence-corrected chi connectivity index (χ4v) is 6.90. The van der Waals surface area contributed by atoms with Gasteiger partial charge in [0.1, 0.15) is 0 Å². The van der Waals surface area contributed by atoms with Crippen LogP contribution in [0.15, 0.2) is 0 Å². The summed E-state index contributed by atoms with van der Waals surface area (Å²) < 4.78 is 0. The first-order valence-electron chi connectivity index (χ1n) is 8.59. The first-order valence-corrected chi connectivity index (χ1v) is 8.59. The second-order valence-corrected chi connectivity index (χ2v) is 8.36. The summed E-state index contributed by atoms with van der Waals surface area (Å²) in [5, 5.41) is 0. The first kappa shape index (κ1) is 12.6. The third-order valence-electron chi connectivity index (χ3n) is 7.14. The minimum Gasteiger partial charge on any atom is -0.330 e. The van der Waals surface area contributed by atoms with Gasteiger partial charge in [-0.15, -0.1) is 0 Å². The van der Waals surface area contributed by atoms with Crippen molar-refractivity contribution in [2.75, 3.05) is 26.7 Å². The van der Waals surface area contributed by atoms with Crippen LogP contribution in [0.5, 0.6) is 0 Å². The summed E-state index contributed by atoms with van der Waals surface area (Å²) in [4.78, 5) is 2.56. The smallest absolute Gasteiger partial charge is 0.00499 e. The van der Waals surface area contributed by atoms with Gasteiger partial charge in [-0.2, -0.15) is 0 Å². The molecular weight excluding hydrogens is 232 g/mol. The molecule has 4 bridgehead atoms. The molecule has 1 unspecified atom stereocenters. The normalized spacial score (nSPS) is 53.7. The lowest BCUT2D eigenvalue weighted by Gasteiger charge is -2.61. The standard InChI is InChI=1S/C17H30N2/c1-19-4-2-3-17(10-18,11-19)16-14-6-12-5-13(8-14)9-15(16)7-12/h12-16H,2-11,18H2,1H3. The van der Waals surface area contributed by atoms with Gasteiger partial charge >= 0.3 is 0 Å². The van der Waals surface area contributed by atoms with Crippen molar-refractivity contribution in [2.45, 2.75) is 44.9 Å². The van der Waals surface area contributed by atoms with E-state index in [1.807, 2.05) is 0 Å². The molecule has 5 fully saturated rings. The highest BCUT2D eigenvalue weighted by molar-refractivity contribution is 5.06.